The minimum absolute atomic E-state index is 0.460. The zero-order valence-electron chi connectivity index (χ0n) is 11.8. The average Bonchev–Trinajstić information content (AvgIpc) is 2.36. The zero-order valence-corrected chi connectivity index (χ0v) is 11.8. The zero-order chi connectivity index (χ0) is 13.0. The van der Waals surface area contributed by atoms with Crippen molar-refractivity contribution in [3.05, 3.63) is 30.1 Å². The molecule has 0 bridgehead atoms. The second-order valence-corrected chi connectivity index (χ2v) is 5.78. The first-order chi connectivity index (χ1) is 8.66. The van der Waals surface area contributed by atoms with Crippen molar-refractivity contribution in [2.75, 3.05) is 26.2 Å². The van der Waals surface area contributed by atoms with Crippen LogP contribution in [0.1, 0.15) is 32.4 Å². The van der Waals surface area contributed by atoms with Crippen molar-refractivity contribution in [2.45, 2.75) is 26.8 Å². The third-order valence-electron chi connectivity index (χ3n) is 3.79. The highest BCUT2D eigenvalue weighted by molar-refractivity contribution is 5.13. The highest BCUT2D eigenvalue weighted by atomic mass is 15.2. The number of pyridine rings is 1. The molecule has 100 valence electrons. The van der Waals surface area contributed by atoms with Crippen molar-refractivity contribution in [1.29, 1.82) is 0 Å². The van der Waals surface area contributed by atoms with E-state index in [1.165, 1.54) is 5.56 Å². The van der Waals surface area contributed by atoms with Gasteiger partial charge in [-0.15, -0.1) is 0 Å². The van der Waals surface area contributed by atoms with E-state index >= 15 is 0 Å². The number of hydrogen-bond donors (Lipinski definition) is 1. The van der Waals surface area contributed by atoms with Crippen molar-refractivity contribution in [1.82, 2.24) is 15.2 Å². The van der Waals surface area contributed by atoms with Crippen molar-refractivity contribution in [2.24, 2.45) is 11.8 Å². The summed E-state index contributed by atoms with van der Waals surface area (Å²) >= 11 is 0. The van der Waals surface area contributed by atoms with Gasteiger partial charge in [-0.3, -0.25) is 9.88 Å². The third-order valence-corrected chi connectivity index (χ3v) is 3.79. The minimum Gasteiger partial charge on any atom is -0.316 e. The predicted molar refractivity (Wildman–Crippen MR) is 75.4 cm³/mol. The van der Waals surface area contributed by atoms with Crippen LogP contribution in [0.3, 0.4) is 0 Å². The molecule has 0 radical (unpaired) electrons. The number of rotatable bonds is 2. The standard InChI is InChI=1S/C15H25N3/c1-12-7-17-8-13(2)11-18(10-12)14(3)15-5-4-6-16-9-15/h4-6,9,12-14,17H,7-8,10-11H2,1-3H3. The van der Waals surface area contributed by atoms with Crippen molar-refractivity contribution in [3.63, 3.8) is 0 Å². The van der Waals surface area contributed by atoms with Gasteiger partial charge in [0.15, 0.2) is 0 Å². The molecule has 1 fully saturated rings. The molecule has 1 N–H and O–H groups in total. The first-order valence-corrected chi connectivity index (χ1v) is 7.01. The van der Waals surface area contributed by atoms with Crippen LogP contribution in [-0.2, 0) is 0 Å². The van der Waals surface area contributed by atoms with Crippen LogP contribution in [0.2, 0.25) is 0 Å². The molecule has 3 heteroatoms. The van der Waals surface area contributed by atoms with Crippen LogP contribution in [0, 0.1) is 11.8 Å². The molecule has 0 saturated carbocycles. The second-order valence-electron chi connectivity index (χ2n) is 5.78. The van der Waals surface area contributed by atoms with E-state index in [9.17, 15) is 0 Å². The van der Waals surface area contributed by atoms with Crippen LogP contribution in [0.15, 0.2) is 24.5 Å². The molecule has 0 aliphatic carbocycles. The number of aromatic nitrogens is 1. The van der Waals surface area contributed by atoms with Crippen LogP contribution in [-0.4, -0.2) is 36.1 Å². The van der Waals surface area contributed by atoms with Gasteiger partial charge in [0.2, 0.25) is 0 Å². The summed E-state index contributed by atoms with van der Waals surface area (Å²) in [5.41, 5.74) is 1.32. The van der Waals surface area contributed by atoms with Crippen molar-refractivity contribution in [3.8, 4) is 0 Å². The van der Waals surface area contributed by atoms with Gasteiger partial charge in [0.1, 0.15) is 0 Å². The smallest absolute Gasteiger partial charge is 0.0335 e. The highest BCUT2D eigenvalue weighted by Crippen LogP contribution is 2.22. The Hall–Kier alpha value is -0.930. The summed E-state index contributed by atoms with van der Waals surface area (Å²) in [5.74, 6) is 1.41. The maximum absolute atomic E-state index is 4.24. The number of nitrogens with one attached hydrogen (secondary N) is 1. The fourth-order valence-corrected chi connectivity index (χ4v) is 2.73. The summed E-state index contributed by atoms with van der Waals surface area (Å²) in [6.45, 7) is 11.5. The quantitative estimate of drug-likeness (QED) is 0.869. The number of nitrogens with zero attached hydrogens (tertiary/aromatic N) is 2. The second kappa shape index (κ2) is 6.30. The third kappa shape index (κ3) is 3.53. The fraction of sp³-hybridized carbons (Fsp3) is 0.667. The summed E-state index contributed by atoms with van der Waals surface area (Å²) in [7, 11) is 0. The van der Waals surface area contributed by atoms with E-state index in [1.54, 1.807) is 0 Å². The van der Waals surface area contributed by atoms with E-state index in [1.807, 2.05) is 18.5 Å². The van der Waals surface area contributed by atoms with Crippen LogP contribution < -0.4 is 5.32 Å². The summed E-state index contributed by atoms with van der Waals surface area (Å²) in [6, 6.07) is 4.68. The van der Waals surface area contributed by atoms with Gasteiger partial charge in [-0.2, -0.15) is 0 Å². The van der Waals surface area contributed by atoms with Gasteiger partial charge in [-0.25, -0.2) is 0 Å². The predicted octanol–water partition coefficient (Wildman–Crippen LogP) is 2.32. The lowest BCUT2D eigenvalue weighted by atomic mass is 10.0. The largest absolute Gasteiger partial charge is 0.316 e. The topological polar surface area (TPSA) is 28.2 Å². The Morgan fingerprint density at radius 2 is 1.94 bits per heavy atom. The summed E-state index contributed by atoms with van der Waals surface area (Å²) in [6.07, 6.45) is 3.84. The van der Waals surface area contributed by atoms with Crippen LogP contribution in [0.4, 0.5) is 0 Å². The van der Waals surface area contributed by atoms with Gasteiger partial charge in [0.25, 0.3) is 0 Å². The van der Waals surface area contributed by atoms with E-state index in [0.717, 1.165) is 26.2 Å². The molecule has 1 aromatic rings. The first-order valence-electron chi connectivity index (χ1n) is 7.01. The summed E-state index contributed by atoms with van der Waals surface area (Å²) in [4.78, 5) is 6.85. The SMILES string of the molecule is CC1CNCC(C)CN(C(C)c2cccnc2)C1. The van der Waals surface area contributed by atoms with Crippen LogP contribution in [0.5, 0.6) is 0 Å². The molecule has 1 aromatic heterocycles. The van der Waals surface area contributed by atoms with Crippen LogP contribution >= 0.6 is 0 Å². The molecule has 1 aliphatic heterocycles. The van der Waals surface area contributed by atoms with E-state index in [0.29, 0.717) is 17.9 Å². The molecule has 0 amide bonds. The molecule has 2 heterocycles. The van der Waals surface area contributed by atoms with Gasteiger partial charge in [-0.05, 0) is 43.5 Å². The Balaban J connectivity index is 2.08. The Labute approximate surface area is 111 Å². The van der Waals surface area contributed by atoms with E-state index in [2.05, 4.69) is 42.0 Å². The lowest BCUT2D eigenvalue weighted by molar-refractivity contribution is 0.142. The molecule has 0 aromatic carbocycles. The molecule has 3 atom stereocenters. The molecule has 1 saturated heterocycles. The first kappa shape index (κ1) is 13.5. The van der Waals surface area contributed by atoms with Gasteiger partial charge >= 0.3 is 0 Å². The molecular weight excluding hydrogens is 222 g/mol. The lowest BCUT2D eigenvalue weighted by Gasteiger charge is -2.36. The molecule has 1 aliphatic rings. The van der Waals surface area contributed by atoms with Gasteiger partial charge in [0, 0.05) is 31.5 Å². The normalized spacial score (nSPS) is 28.4. The molecule has 3 unspecified atom stereocenters. The Morgan fingerprint density at radius 1 is 1.28 bits per heavy atom. The molecule has 2 rings (SSSR count). The highest BCUT2D eigenvalue weighted by Gasteiger charge is 2.22. The van der Waals surface area contributed by atoms with Crippen molar-refractivity contribution >= 4 is 0 Å². The maximum atomic E-state index is 4.24. The molecular formula is C15H25N3. The van der Waals surface area contributed by atoms with E-state index < -0.39 is 0 Å². The Morgan fingerprint density at radius 3 is 2.50 bits per heavy atom. The molecule has 18 heavy (non-hydrogen) atoms. The van der Waals surface area contributed by atoms with E-state index in [4.69, 9.17) is 0 Å². The maximum Gasteiger partial charge on any atom is 0.0335 e. The molecule has 3 nitrogen and oxygen atoms in total. The van der Waals surface area contributed by atoms with E-state index in [-0.39, 0.29) is 0 Å². The lowest BCUT2D eigenvalue weighted by Crippen LogP contribution is -2.43. The Kier molecular flexibility index (Phi) is 4.72. The van der Waals surface area contributed by atoms with Crippen molar-refractivity contribution < 1.29 is 0 Å². The Bertz CT molecular complexity index is 340. The molecule has 0 spiro atoms. The summed E-state index contributed by atoms with van der Waals surface area (Å²) < 4.78 is 0. The van der Waals surface area contributed by atoms with Gasteiger partial charge in [0.05, 0.1) is 0 Å². The number of hydrogen-bond acceptors (Lipinski definition) is 3. The average molecular weight is 247 g/mol. The van der Waals surface area contributed by atoms with Gasteiger partial charge in [-0.1, -0.05) is 19.9 Å². The monoisotopic (exact) mass is 247 g/mol. The summed E-state index contributed by atoms with van der Waals surface area (Å²) in [5, 5.41) is 3.55. The van der Waals surface area contributed by atoms with Gasteiger partial charge < -0.3 is 5.32 Å². The van der Waals surface area contributed by atoms with Crippen LogP contribution in [0.25, 0.3) is 0 Å². The minimum atomic E-state index is 0.460. The fourth-order valence-electron chi connectivity index (χ4n) is 2.73.